The topological polar surface area (TPSA) is 69.9 Å². The molecule has 0 saturated heterocycles. The van der Waals surface area contributed by atoms with Gasteiger partial charge in [0.05, 0.1) is 6.67 Å². The fourth-order valence-electron chi connectivity index (χ4n) is 0.808. The summed E-state index contributed by atoms with van der Waals surface area (Å²) in [6.07, 6.45) is 5.92. The van der Waals surface area contributed by atoms with Crippen LogP contribution in [0.5, 0.6) is 0 Å². The molecule has 0 bridgehead atoms. The molecule has 13 heavy (non-hydrogen) atoms. The zero-order valence-electron chi connectivity index (χ0n) is 7.46. The van der Waals surface area contributed by atoms with Crippen LogP contribution in [-0.2, 0) is 0 Å². The molecule has 0 aromatic heterocycles. The summed E-state index contributed by atoms with van der Waals surface area (Å²) in [5.74, 6) is 0. The molecule has 0 aliphatic carbocycles. The Morgan fingerprint density at radius 1 is 1.77 bits per heavy atom. The van der Waals surface area contributed by atoms with Gasteiger partial charge in [-0.3, -0.25) is 0 Å². The maximum absolute atomic E-state index is 8.36. The third kappa shape index (κ3) is 5.54. The summed E-state index contributed by atoms with van der Waals surface area (Å²) in [4.78, 5) is 12.6. The van der Waals surface area contributed by atoms with E-state index in [0.717, 1.165) is 13.2 Å². The summed E-state index contributed by atoms with van der Waals surface area (Å²) >= 11 is 0. The molecule has 1 aliphatic heterocycles. The van der Waals surface area contributed by atoms with Crippen molar-refractivity contribution >= 4 is 0 Å². The SMILES string of the molecule is C=CN1C=CN(CC)C1.O=[N+]([O-])O. The highest BCUT2D eigenvalue weighted by atomic mass is 16.9. The van der Waals surface area contributed by atoms with Crippen molar-refractivity contribution in [2.24, 2.45) is 0 Å². The molecule has 0 spiro atoms. The van der Waals surface area contributed by atoms with Gasteiger partial charge in [0.15, 0.2) is 0 Å². The molecule has 0 atom stereocenters. The lowest BCUT2D eigenvalue weighted by Gasteiger charge is -2.15. The van der Waals surface area contributed by atoms with Crippen molar-refractivity contribution in [3.8, 4) is 0 Å². The highest BCUT2D eigenvalue weighted by Gasteiger charge is 2.05. The minimum Gasteiger partial charge on any atom is -0.359 e. The van der Waals surface area contributed by atoms with E-state index < -0.39 is 5.09 Å². The minimum atomic E-state index is -1.50. The van der Waals surface area contributed by atoms with Crippen LogP contribution in [0.15, 0.2) is 25.2 Å². The molecular weight excluding hydrogens is 174 g/mol. The summed E-state index contributed by atoms with van der Waals surface area (Å²) in [7, 11) is 0. The Labute approximate surface area is 76.5 Å². The van der Waals surface area contributed by atoms with Crippen LogP contribution >= 0.6 is 0 Å². The maximum atomic E-state index is 8.36. The van der Waals surface area contributed by atoms with Gasteiger partial charge in [-0.1, -0.05) is 6.58 Å². The van der Waals surface area contributed by atoms with Crippen LogP contribution in [-0.4, -0.2) is 33.3 Å². The Balaban J connectivity index is 0.000000310. The van der Waals surface area contributed by atoms with Gasteiger partial charge in [0.2, 0.25) is 0 Å². The molecule has 1 N–H and O–H groups in total. The van der Waals surface area contributed by atoms with Crippen LogP contribution in [0, 0.1) is 10.1 Å². The molecule has 0 aromatic rings. The van der Waals surface area contributed by atoms with Gasteiger partial charge < -0.3 is 15.0 Å². The zero-order chi connectivity index (χ0) is 10.3. The second-order valence-electron chi connectivity index (χ2n) is 2.28. The number of hydrogen-bond donors (Lipinski definition) is 1. The molecular formula is C7H13N3O3. The second kappa shape index (κ2) is 5.87. The van der Waals surface area contributed by atoms with Crippen molar-refractivity contribution in [1.29, 1.82) is 0 Å². The quantitative estimate of drug-likeness (QED) is 0.512. The van der Waals surface area contributed by atoms with Crippen molar-refractivity contribution < 1.29 is 10.3 Å². The van der Waals surface area contributed by atoms with Crippen LogP contribution < -0.4 is 0 Å². The number of nitrogens with zero attached hydrogens (tertiary/aromatic N) is 3. The van der Waals surface area contributed by atoms with E-state index in [2.05, 4.69) is 24.6 Å². The first-order valence-corrected chi connectivity index (χ1v) is 3.74. The van der Waals surface area contributed by atoms with E-state index in [-0.39, 0.29) is 0 Å². The first kappa shape index (κ1) is 11.3. The first-order valence-electron chi connectivity index (χ1n) is 3.74. The van der Waals surface area contributed by atoms with Crippen molar-refractivity contribution in [3.63, 3.8) is 0 Å². The van der Waals surface area contributed by atoms with Crippen molar-refractivity contribution in [1.82, 2.24) is 9.80 Å². The molecule has 1 aliphatic rings. The summed E-state index contributed by atoms with van der Waals surface area (Å²) < 4.78 is 0. The molecule has 74 valence electrons. The lowest BCUT2D eigenvalue weighted by molar-refractivity contribution is -0.742. The predicted molar refractivity (Wildman–Crippen MR) is 47.2 cm³/mol. The maximum Gasteiger partial charge on any atom is 0.291 e. The van der Waals surface area contributed by atoms with E-state index in [9.17, 15) is 0 Å². The molecule has 0 aromatic carbocycles. The fraction of sp³-hybridized carbons (Fsp3) is 0.429. The van der Waals surface area contributed by atoms with Crippen LogP contribution in [0.4, 0.5) is 0 Å². The van der Waals surface area contributed by atoms with Crippen molar-refractivity contribution in [2.45, 2.75) is 6.92 Å². The van der Waals surface area contributed by atoms with Gasteiger partial charge in [-0.05, 0) is 13.1 Å². The smallest absolute Gasteiger partial charge is 0.291 e. The normalized spacial score (nSPS) is 13.6. The van der Waals surface area contributed by atoms with Crippen molar-refractivity contribution in [2.75, 3.05) is 13.2 Å². The van der Waals surface area contributed by atoms with E-state index in [1.807, 2.05) is 17.3 Å². The molecule has 0 saturated carbocycles. The van der Waals surface area contributed by atoms with Gasteiger partial charge in [-0.2, -0.15) is 0 Å². The van der Waals surface area contributed by atoms with E-state index >= 15 is 0 Å². The monoisotopic (exact) mass is 187 g/mol. The van der Waals surface area contributed by atoms with E-state index in [1.165, 1.54) is 0 Å². The van der Waals surface area contributed by atoms with Gasteiger partial charge in [0.25, 0.3) is 5.09 Å². The fourth-order valence-corrected chi connectivity index (χ4v) is 0.808. The lowest BCUT2D eigenvalue weighted by Crippen LogP contribution is -2.20. The summed E-state index contributed by atoms with van der Waals surface area (Å²) in [5, 5.41) is 13.6. The minimum absolute atomic E-state index is 0.958. The van der Waals surface area contributed by atoms with Gasteiger partial charge in [-0.15, -0.1) is 10.1 Å². The number of hydrogen-bond acceptors (Lipinski definition) is 4. The first-order chi connectivity index (χ1) is 6.10. The predicted octanol–water partition coefficient (Wildman–Crippen LogP) is 0.848. The highest BCUT2D eigenvalue weighted by molar-refractivity contribution is 4.94. The average Bonchev–Trinajstić information content (AvgIpc) is 2.50. The van der Waals surface area contributed by atoms with Gasteiger partial charge in [-0.25, -0.2) is 0 Å². The van der Waals surface area contributed by atoms with Crippen LogP contribution in [0.1, 0.15) is 6.92 Å². The lowest BCUT2D eigenvalue weighted by atomic mass is 10.6. The van der Waals surface area contributed by atoms with Crippen LogP contribution in [0.25, 0.3) is 0 Å². The molecule has 0 radical (unpaired) electrons. The molecule has 6 nitrogen and oxygen atoms in total. The summed E-state index contributed by atoms with van der Waals surface area (Å²) in [6.45, 7) is 7.82. The molecule has 0 fully saturated rings. The van der Waals surface area contributed by atoms with Gasteiger partial charge in [0.1, 0.15) is 0 Å². The second-order valence-corrected chi connectivity index (χ2v) is 2.28. The molecule has 6 heteroatoms. The van der Waals surface area contributed by atoms with Crippen LogP contribution in [0.3, 0.4) is 0 Å². The van der Waals surface area contributed by atoms with E-state index in [4.69, 9.17) is 15.3 Å². The Morgan fingerprint density at radius 2 is 2.31 bits per heavy atom. The summed E-state index contributed by atoms with van der Waals surface area (Å²) in [6, 6.07) is 0. The largest absolute Gasteiger partial charge is 0.359 e. The van der Waals surface area contributed by atoms with E-state index in [0.29, 0.717) is 0 Å². The summed E-state index contributed by atoms with van der Waals surface area (Å²) in [5.41, 5.74) is 0. The third-order valence-electron chi connectivity index (χ3n) is 1.45. The third-order valence-corrected chi connectivity index (χ3v) is 1.45. The molecule has 0 amide bonds. The molecule has 1 rings (SSSR count). The zero-order valence-corrected chi connectivity index (χ0v) is 7.46. The van der Waals surface area contributed by atoms with Gasteiger partial charge >= 0.3 is 0 Å². The van der Waals surface area contributed by atoms with E-state index in [1.54, 1.807) is 0 Å². The molecule has 1 heterocycles. The standard InChI is InChI=1S/C7H12N2.HNO3/c1-3-8-5-6-9(4-2)7-8;2-1(3)4/h3,5-6H,1,4,7H2,2H3;(H,2,3,4). The average molecular weight is 187 g/mol. The van der Waals surface area contributed by atoms with Crippen molar-refractivity contribution in [3.05, 3.63) is 35.3 Å². The molecule has 0 unspecified atom stereocenters. The Kier molecular flexibility index (Phi) is 5.09. The van der Waals surface area contributed by atoms with Crippen LogP contribution in [0.2, 0.25) is 0 Å². The Morgan fingerprint density at radius 3 is 2.54 bits per heavy atom. The highest BCUT2D eigenvalue weighted by Crippen LogP contribution is 2.04. The number of rotatable bonds is 2. The Bertz CT molecular complexity index is 201. The Hall–Kier alpha value is -1.72. The van der Waals surface area contributed by atoms with Gasteiger partial charge in [0, 0.05) is 18.9 Å².